The van der Waals surface area contributed by atoms with Crippen LogP contribution in [0.15, 0.2) is 18.2 Å². The minimum atomic E-state index is -1.12. The van der Waals surface area contributed by atoms with Crippen molar-refractivity contribution in [2.24, 2.45) is 5.92 Å². The fraction of sp³-hybridized carbons (Fsp3) is 0.417. The van der Waals surface area contributed by atoms with Crippen LogP contribution in [0.4, 0.5) is 4.39 Å². The summed E-state index contributed by atoms with van der Waals surface area (Å²) >= 11 is 5.74. The van der Waals surface area contributed by atoms with E-state index in [0.29, 0.717) is 11.6 Å². The zero-order valence-electron chi connectivity index (χ0n) is 9.71. The monoisotopic (exact) mass is 259 g/mol. The number of hydrogen-bond donors (Lipinski definition) is 2. The van der Waals surface area contributed by atoms with E-state index in [-0.39, 0.29) is 11.5 Å². The third kappa shape index (κ3) is 3.98. The molecule has 0 amide bonds. The molecule has 3 nitrogen and oxygen atoms in total. The number of hydrogen-bond acceptors (Lipinski definition) is 2. The molecule has 17 heavy (non-hydrogen) atoms. The number of nitrogens with one attached hydrogen (secondary N) is 1. The molecule has 1 atom stereocenters. The van der Waals surface area contributed by atoms with E-state index in [1.165, 1.54) is 18.2 Å². The Morgan fingerprint density at radius 1 is 1.53 bits per heavy atom. The number of halogens is 2. The SMILES string of the molecule is CC(C)CNC(C(=O)O)c1cc(Cl)ccc1F. The first-order valence-electron chi connectivity index (χ1n) is 5.33. The highest BCUT2D eigenvalue weighted by Crippen LogP contribution is 2.22. The van der Waals surface area contributed by atoms with E-state index < -0.39 is 17.8 Å². The number of carboxylic acids is 1. The van der Waals surface area contributed by atoms with Gasteiger partial charge >= 0.3 is 5.97 Å². The molecule has 1 unspecified atom stereocenters. The van der Waals surface area contributed by atoms with Gasteiger partial charge in [-0.1, -0.05) is 25.4 Å². The lowest BCUT2D eigenvalue weighted by Gasteiger charge is -2.17. The highest BCUT2D eigenvalue weighted by molar-refractivity contribution is 6.30. The molecule has 0 aliphatic carbocycles. The first-order chi connectivity index (χ1) is 7.91. The molecule has 1 rings (SSSR count). The maximum Gasteiger partial charge on any atom is 0.325 e. The summed E-state index contributed by atoms with van der Waals surface area (Å²) in [5.74, 6) is -1.41. The predicted octanol–water partition coefficient (Wildman–Crippen LogP) is 2.85. The summed E-state index contributed by atoms with van der Waals surface area (Å²) in [4.78, 5) is 11.1. The van der Waals surface area contributed by atoms with Crippen LogP contribution in [-0.2, 0) is 4.79 Å². The predicted molar refractivity (Wildman–Crippen MR) is 64.6 cm³/mol. The molecule has 0 saturated heterocycles. The number of aliphatic carboxylic acids is 1. The van der Waals surface area contributed by atoms with Gasteiger partial charge in [-0.2, -0.15) is 0 Å². The van der Waals surface area contributed by atoms with Crippen molar-refractivity contribution < 1.29 is 14.3 Å². The fourth-order valence-electron chi connectivity index (χ4n) is 1.42. The van der Waals surface area contributed by atoms with Crippen molar-refractivity contribution >= 4 is 17.6 Å². The topological polar surface area (TPSA) is 49.3 Å². The molecule has 0 radical (unpaired) electrons. The lowest BCUT2D eigenvalue weighted by Crippen LogP contribution is -2.32. The van der Waals surface area contributed by atoms with E-state index in [2.05, 4.69) is 5.32 Å². The molecule has 0 aromatic heterocycles. The van der Waals surface area contributed by atoms with Crippen LogP contribution >= 0.6 is 11.6 Å². The van der Waals surface area contributed by atoms with E-state index in [1.807, 2.05) is 13.8 Å². The molecule has 0 bridgehead atoms. The molecular formula is C12H15ClFNO2. The van der Waals surface area contributed by atoms with E-state index >= 15 is 0 Å². The molecule has 5 heteroatoms. The highest BCUT2D eigenvalue weighted by atomic mass is 35.5. The van der Waals surface area contributed by atoms with Gasteiger partial charge in [-0.25, -0.2) is 4.39 Å². The van der Waals surface area contributed by atoms with Crippen LogP contribution in [0.25, 0.3) is 0 Å². The summed E-state index contributed by atoms with van der Waals surface area (Å²) in [6.45, 7) is 4.38. The Hall–Kier alpha value is -1.13. The Kier molecular flexibility index (Phi) is 4.90. The van der Waals surface area contributed by atoms with Crippen LogP contribution in [-0.4, -0.2) is 17.6 Å². The molecule has 0 fully saturated rings. The Balaban J connectivity index is 2.97. The van der Waals surface area contributed by atoms with Gasteiger partial charge in [-0.05, 0) is 30.7 Å². The van der Waals surface area contributed by atoms with Gasteiger partial charge in [0.05, 0.1) is 0 Å². The highest BCUT2D eigenvalue weighted by Gasteiger charge is 2.23. The minimum Gasteiger partial charge on any atom is -0.480 e. The van der Waals surface area contributed by atoms with Gasteiger partial charge < -0.3 is 10.4 Å². The summed E-state index contributed by atoms with van der Waals surface area (Å²) in [5.41, 5.74) is 0.0608. The first-order valence-corrected chi connectivity index (χ1v) is 5.70. The van der Waals surface area contributed by atoms with Crippen LogP contribution in [0, 0.1) is 11.7 Å². The molecule has 2 N–H and O–H groups in total. The van der Waals surface area contributed by atoms with Gasteiger partial charge in [-0.3, -0.25) is 4.79 Å². The Morgan fingerprint density at radius 2 is 2.18 bits per heavy atom. The standard InChI is InChI=1S/C12H15ClFNO2/c1-7(2)6-15-11(12(16)17)9-5-8(13)3-4-10(9)14/h3-5,7,11,15H,6H2,1-2H3,(H,16,17). The van der Waals surface area contributed by atoms with Gasteiger partial charge in [0.2, 0.25) is 0 Å². The largest absolute Gasteiger partial charge is 0.480 e. The average Bonchev–Trinajstić information content (AvgIpc) is 2.22. The summed E-state index contributed by atoms with van der Waals surface area (Å²) < 4.78 is 13.5. The lowest BCUT2D eigenvalue weighted by molar-refractivity contribution is -0.139. The second-order valence-corrected chi connectivity index (χ2v) is 4.68. The van der Waals surface area contributed by atoms with Crippen LogP contribution in [0.3, 0.4) is 0 Å². The van der Waals surface area contributed by atoms with Crippen molar-refractivity contribution in [1.82, 2.24) is 5.32 Å². The van der Waals surface area contributed by atoms with Gasteiger partial charge in [-0.15, -0.1) is 0 Å². The summed E-state index contributed by atoms with van der Waals surface area (Å²) in [5, 5.41) is 12.2. The Bertz CT molecular complexity index is 409. The normalized spacial score (nSPS) is 12.8. The van der Waals surface area contributed by atoms with Crippen molar-refractivity contribution in [1.29, 1.82) is 0 Å². The Labute approximate surface area is 105 Å². The summed E-state index contributed by atoms with van der Waals surface area (Å²) in [6, 6.07) is 2.83. The number of benzene rings is 1. The maximum absolute atomic E-state index is 13.5. The summed E-state index contributed by atoms with van der Waals surface area (Å²) in [7, 11) is 0. The molecule has 94 valence electrons. The van der Waals surface area contributed by atoms with Crippen molar-refractivity contribution in [3.63, 3.8) is 0 Å². The van der Waals surface area contributed by atoms with Gasteiger partial charge in [0.15, 0.2) is 0 Å². The van der Waals surface area contributed by atoms with E-state index in [4.69, 9.17) is 16.7 Å². The summed E-state index contributed by atoms with van der Waals surface area (Å²) in [6.07, 6.45) is 0. The van der Waals surface area contributed by atoms with Crippen molar-refractivity contribution in [2.75, 3.05) is 6.54 Å². The fourth-order valence-corrected chi connectivity index (χ4v) is 1.60. The van der Waals surface area contributed by atoms with E-state index in [0.717, 1.165) is 0 Å². The molecule has 0 aliphatic rings. The molecule has 0 heterocycles. The van der Waals surface area contributed by atoms with Crippen LogP contribution in [0.2, 0.25) is 5.02 Å². The smallest absolute Gasteiger partial charge is 0.325 e. The number of rotatable bonds is 5. The maximum atomic E-state index is 13.5. The molecule has 0 aliphatic heterocycles. The number of carboxylic acid groups (broad SMARTS) is 1. The molecule has 0 saturated carbocycles. The quantitative estimate of drug-likeness (QED) is 0.855. The molecular weight excluding hydrogens is 245 g/mol. The van der Waals surface area contributed by atoms with Crippen molar-refractivity contribution in [3.05, 3.63) is 34.6 Å². The van der Waals surface area contributed by atoms with Crippen LogP contribution < -0.4 is 5.32 Å². The minimum absolute atomic E-state index is 0.0608. The third-order valence-electron chi connectivity index (χ3n) is 2.25. The lowest BCUT2D eigenvalue weighted by atomic mass is 10.1. The zero-order chi connectivity index (χ0) is 13.0. The van der Waals surface area contributed by atoms with Crippen molar-refractivity contribution in [2.45, 2.75) is 19.9 Å². The first kappa shape index (κ1) is 13.9. The second-order valence-electron chi connectivity index (χ2n) is 4.24. The van der Waals surface area contributed by atoms with E-state index in [1.54, 1.807) is 0 Å². The average molecular weight is 260 g/mol. The van der Waals surface area contributed by atoms with Gasteiger partial charge in [0.25, 0.3) is 0 Å². The number of carbonyl (C=O) groups is 1. The Morgan fingerprint density at radius 3 is 2.71 bits per heavy atom. The van der Waals surface area contributed by atoms with E-state index in [9.17, 15) is 9.18 Å². The van der Waals surface area contributed by atoms with Crippen molar-refractivity contribution in [3.8, 4) is 0 Å². The zero-order valence-corrected chi connectivity index (χ0v) is 10.5. The second kappa shape index (κ2) is 5.98. The van der Waals surface area contributed by atoms with Crippen LogP contribution in [0.5, 0.6) is 0 Å². The molecule has 0 spiro atoms. The molecule has 1 aromatic rings. The third-order valence-corrected chi connectivity index (χ3v) is 2.48. The molecule has 1 aromatic carbocycles. The van der Waals surface area contributed by atoms with Gasteiger partial charge in [0.1, 0.15) is 11.9 Å². The van der Waals surface area contributed by atoms with Crippen LogP contribution in [0.1, 0.15) is 25.5 Å². The van der Waals surface area contributed by atoms with Gasteiger partial charge in [0, 0.05) is 10.6 Å².